The van der Waals surface area contributed by atoms with E-state index in [-0.39, 0.29) is 46.1 Å². The predicted molar refractivity (Wildman–Crippen MR) is 124 cm³/mol. The number of benzene rings is 1. The maximum atomic E-state index is 13.5. The first-order valence-corrected chi connectivity index (χ1v) is 11.5. The Hall–Kier alpha value is -2.01. The van der Waals surface area contributed by atoms with E-state index in [1.807, 2.05) is 25.7 Å². The van der Waals surface area contributed by atoms with E-state index in [9.17, 15) is 22.8 Å². The fraction of sp³-hybridized carbons (Fsp3) is 0.636. The van der Waals surface area contributed by atoms with Crippen molar-refractivity contribution in [3.63, 3.8) is 0 Å². The summed E-state index contributed by atoms with van der Waals surface area (Å²) in [7, 11) is 1.54. The molecule has 1 fully saturated rings. The number of nitrogens with two attached hydrogens (primary N) is 1. The van der Waals surface area contributed by atoms with Crippen molar-refractivity contribution < 1.29 is 32.2 Å². The Balaban J connectivity index is 0.000000513. The van der Waals surface area contributed by atoms with Gasteiger partial charge in [0.1, 0.15) is 5.60 Å². The van der Waals surface area contributed by atoms with Crippen molar-refractivity contribution in [2.24, 2.45) is 0 Å². The second kappa shape index (κ2) is 12.5. The maximum absolute atomic E-state index is 13.5. The molecule has 0 aliphatic carbocycles. The molecule has 2 rings (SSSR count). The number of nitrogen functional groups attached to an aromatic ring is 1. The zero-order valence-electron chi connectivity index (χ0n) is 19.7. The number of rotatable bonds is 4. The van der Waals surface area contributed by atoms with Crippen molar-refractivity contribution in [2.45, 2.75) is 65.3 Å². The molecule has 1 aliphatic rings. The Morgan fingerprint density at radius 2 is 1.76 bits per heavy atom. The number of halogens is 4. The largest absolute Gasteiger partial charge is 0.462 e. The second-order valence-electron chi connectivity index (χ2n) is 8.48. The molecule has 0 unspecified atom stereocenters. The molecular weight excluding hydrogens is 507 g/mol. The highest BCUT2D eigenvalue weighted by Crippen LogP contribution is 2.40. The van der Waals surface area contributed by atoms with Crippen LogP contribution in [0.2, 0.25) is 0 Å². The number of hydrogen-bond donors (Lipinski definition) is 2. The molecule has 0 atom stereocenters. The summed E-state index contributed by atoms with van der Waals surface area (Å²) in [6.45, 7) is 8.76. The molecule has 1 aliphatic heterocycles. The van der Waals surface area contributed by atoms with Crippen molar-refractivity contribution in [3.05, 3.63) is 27.2 Å². The number of ether oxygens (including phenoxy) is 2. The van der Waals surface area contributed by atoms with Crippen LogP contribution in [0.15, 0.2) is 10.5 Å². The van der Waals surface area contributed by atoms with Gasteiger partial charge in [-0.05, 0) is 81.2 Å². The van der Waals surface area contributed by atoms with Crippen molar-refractivity contribution in [1.29, 1.82) is 0 Å². The fourth-order valence-corrected chi connectivity index (χ4v) is 3.72. The minimum Gasteiger partial charge on any atom is -0.462 e. The highest BCUT2D eigenvalue weighted by molar-refractivity contribution is 9.10. The Kier molecular flexibility index (Phi) is 11.0. The van der Waals surface area contributed by atoms with Crippen LogP contribution in [0.5, 0.6) is 0 Å². The number of piperidine rings is 1. The van der Waals surface area contributed by atoms with Crippen LogP contribution < -0.4 is 11.1 Å². The van der Waals surface area contributed by atoms with Gasteiger partial charge in [-0.3, -0.25) is 4.90 Å². The van der Waals surface area contributed by atoms with Gasteiger partial charge in [0.05, 0.1) is 23.4 Å². The molecular formula is C22H33BrF3N3O4. The number of carbonyl (C=O) groups excluding carboxylic acids is 2. The molecule has 0 bridgehead atoms. The Morgan fingerprint density at radius 3 is 2.18 bits per heavy atom. The Bertz CT molecular complexity index is 821. The summed E-state index contributed by atoms with van der Waals surface area (Å²) in [5, 5.41) is 2.36. The van der Waals surface area contributed by atoms with Gasteiger partial charge in [-0.15, -0.1) is 0 Å². The summed E-state index contributed by atoms with van der Waals surface area (Å²) in [4.78, 5) is 24.4. The smallest absolute Gasteiger partial charge is 0.416 e. The summed E-state index contributed by atoms with van der Waals surface area (Å²) in [5.41, 5.74) is 4.44. The molecule has 188 valence electrons. The van der Waals surface area contributed by atoms with Crippen LogP contribution in [0.3, 0.4) is 0 Å². The first kappa shape index (κ1) is 29.0. The van der Waals surface area contributed by atoms with Crippen molar-refractivity contribution in [2.75, 3.05) is 32.5 Å². The molecule has 0 aromatic heterocycles. The van der Waals surface area contributed by atoms with Crippen LogP contribution in [0.4, 0.5) is 23.7 Å². The second-order valence-corrected chi connectivity index (χ2v) is 9.28. The van der Waals surface area contributed by atoms with Crippen molar-refractivity contribution in [1.82, 2.24) is 10.2 Å². The summed E-state index contributed by atoms with van der Waals surface area (Å²) in [5.74, 6) is -0.856. The maximum Gasteiger partial charge on any atom is 0.416 e. The molecule has 1 aromatic rings. The van der Waals surface area contributed by atoms with Gasteiger partial charge in [0.25, 0.3) is 0 Å². The standard InChI is InChI=1S/C16H20BrF3N2O2.C6H13NO2/c1-2-24-15(23)10-8-12(16(18,19)20)11(13(17)14(10)21)9-22-6-4-3-5-7-22;1-6(2,3)9-5(8)7-4/h8H,2-7,9,21H2,1H3;1-4H3,(H,7,8). The fourth-order valence-electron chi connectivity index (χ4n) is 3.16. The molecule has 3 N–H and O–H groups in total. The number of anilines is 1. The first-order valence-electron chi connectivity index (χ1n) is 10.7. The van der Waals surface area contributed by atoms with Crippen LogP contribution in [0, 0.1) is 0 Å². The van der Waals surface area contributed by atoms with Gasteiger partial charge in [0, 0.05) is 18.1 Å². The minimum atomic E-state index is -4.58. The van der Waals surface area contributed by atoms with Crippen LogP contribution in [0.1, 0.15) is 68.4 Å². The van der Waals surface area contributed by atoms with Gasteiger partial charge in [-0.25, -0.2) is 9.59 Å². The van der Waals surface area contributed by atoms with Gasteiger partial charge in [0.2, 0.25) is 0 Å². The third-order valence-electron chi connectivity index (χ3n) is 4.64. The van der Waals surface area contributed by atoms with Crippen molar-refractivity contribution >= 4 is 33.7 Å². The van der Waals surface area contributed by atoms with Gasteiger partial charge < -0.3 is 20.5 Å². The van der Waals surface area contributed by atoms with E-state index in [4.69, 9.17) is 15.2 Å². The summed E-state index contributed by atoms with van der Waals surface area (Å²) < 4.78 is 50.3. The van der Waals surface area contributed by atoms with Gasteiger partial charge in [0.15, 0.2) is 0 Å². The highest BCUT2D eigenvalue weighted by atomic mass is 79.9. The van der Waals surface area contributed by atoms with E-state index in [2.05, 4.69) is 21.2 Å². The third-order valence-corrected chi connectivity index (χ3v) is 5.55. The van der Waals surface area contributed by atoms with E-state index in [0.717, 1.165) is 38.4 Å². The van der Waals surface area contributed by atoms with Crippen LogP contribution in [-0.2, 0) is 22.2 Å². The summed E-state index contributed by atoms with van der Waals surface area (Å²) >= 11 is 3.16. The number of nitrogens with one attached hydrogen (secondary N) is 1. The molecule has 11 heteroatoms. The van der Waals surface area contributed by atoms with E-state index < -0.39 is 17.7 Å². The molecule has 0 saturated carbocycles. The molecule has 0 radical (unpaired) electrons. The molecule has 1 heterocycles. The molecule has 0 spiro atoms. The highest BCUT2D eigenvalue weighted by Gasteiger charge is 2.37. The lowest BCUT2D eigenvalue weighted by molar-refractivity contribution is -0.138. The molecule has 1 saturated heterocycles. The molecule has 7 nitrogen and oxygen atoms in total. The monoisotopic (exact) mass is 539 g/mol. The molecule has 1 aromatic carbocycles. The Morgan fingerprint density at radius 1 is 1.18 bits per heavy atom. The third kappa shape index (κ3) is 9.40. The number of nitrogens with zero attached hydrogens (tertiary/aromatic N) is 1. The average molecular weight is 540 g/mol. The number of amides is 1. The molecule has 1 amide bonds. The van der Waals surface area contributed by atoms with Gasteiger partial charge >= 0.3 is 18.2 Å². The number of hydrogen-bond acceptors (Lipinski definition) is 6. The lowest BCUT2D eigenvalue weighted by Gasteiger charge is -2.28. The quantitative estimate of drug-likeness (QED) is 0.395. The van der Waals surface area contributed by atoms with Crippen LogP contribution in [0.25, 0.3) is 0 Å². The van der Waals surface area contributed by atoms with Crippen LogP contribution in [-0.4, -0.2) is 49.3 Å². The predicted octanol–water partition coefficient (Wildman–Crippen LogP) is 5.35. The number of carbonyl (C=O) groups is 2. The Labute approximate surface area is 201 Å². The first-order chi connectivity index (χ1) is 15.2. The lowest BCUT2D eigenvalue weighted by atomic mass is 10.00. The minimum absolute atomic E-state index is 0.0199. The van der Waals surface area contributed by atoms with Crippen molar-refractivity contribution in [3.8, 4) is 0 Å². The summed E-state index contributed by atoms with van der Waals surface area (Å²) in [6.07, 6.45) is -1.94. The zero-order chi connectivity index (χ0) is 25.4. The number of esters is 1. The number of alkyl carbamates (subject to hydrolysis) is 1. The lowest BCUT2D eigenvalue weighted by Crippen LogP contribution is -2.30. The van der Waals surface area contributed by atoms with E-state index in [1.165, 1.54) is 7.05 Å². The van der Waals surface area contributed by atoms with E-state index >= 15 is 0 Å². The topological polar surface area (TPSA) is 93.9 Å². The van der Waals surface area contributed by atoms with Gasteiger partial charge in [-0.2, -0.15) is 13.2 Å². The molecule has 33 heavy (non-hydrogen) atoms. The SMILES string of the molecule is CCOC(=O)c1cc(C(F)(F)F)c(CN2CCCCC2)c(Br)c1N.CNC(=O)OC(C)(C)C. The van der Waals surface area contributed by atoms with E-state index in [1.54, 1.807) is 6.92 Å². The number of alkyl halides is 3. The van der Waals surface area contributed by atoms with E-state index in [0.29, 0.717) is 0 Å². The van der Waals surface area contributed by atoms with Gasteiger partial charge in [-0.1, -0.05) is 6.42 Å². The summed E-state index contributed by atoms with van der Waals surface area (Å²) in [6, 6.07) is 0.803. The number of likely N-dealkylation sites (tertiary alicyclic amines) is 1. The normalized spacial score (nSPS) is 14.7. The van der Waals surface area contributed by atoms with Crippen LogP contribution >= 0.6 is 15.9 Å². The average Bonchev–Trinajstić information content (AvgIpc) is 2.70. The zero-order valence-corrected chi connectivity index (χ0v) is 21.3.